The largest absolute Gasteiger partial charge is 1.00 e. The molecule has 1 aliphatic rings. The molecule has 1 unspecified atom stereocenters. The summed E-state index contributed by atoms with van der Waals surface area (Å²) in [5.74, 6) is 1.22. The van der Waals surface area contributed by atoms with Crippen LogP contribution in [0.4, 0.5) is 11.6 Å². The number of likely N-dealkylation sites (tertiary alicyclic amines) is 1. The van der Waals surface area contributed by atoms with Gasteiger partial charge in [0.2, 0.25) is 0 Å². The Morgan fingerprint density at radius 3 is 2.08 bits per heavy atom. The molecule has 3 aromatic rings. The third-order valence-corrected chi connectivity index (χ3v) is 6.68. The number of amides is 1. The Hall–Kier alpha value is -3.27. The van der Waals surface area contributed by atoms with E-state index in [2.05, 4.69) is 15.3 Å². The van der Waals surface area contributed by atoms with E-state index in [1.807, 2.05) is 60.7 Å². The number of nitrogens with zero attached hydrogens (tertiary/aromatic N) is 3. The van der Waals surface area contributed by atoms with Crippen LogP contribution >= 0.6 is 11.6 Å². The maximum Gasteiger partial charge on any atom is 0.274 e. The van der Waals surface area contributed by atoms with Crippen molar-refractivity contribution >= 4 is 29.1 Å². The summed E-state index contributed by atoms with van der Waals surface area (Å²) >= 11 is 5.97. The predicted octanol–water partition coefficient (Wildman–Crippen LogP) is 0.165. The minimum atomic E-state index is -0.409. The molecule has 198 valence electrons. The number of quaternary nitrogens is 1. The highest BCUT2D eigenvalue weighted by Crippen LogP contribution is 2.22. The number of benzene rings is 2. The number of hydrogen-bond acceptors (Lipinski definition) is 7. The second kappa shape index (κ2) is 13.3. The molecule has 1 fully saturated rings. The van der Waals surface area contributed by atoms with Gasteiger partial charge in [-0.15, -0.1) is 0 Å². The van der Waals surface area contributed by atoms with Crippen LogP contribution in [0.2, 0.25) is 5.15 Å². The maximum absolute atomic E-state index is 13.0. The van der Waals surface area contributed by atoms with Gasteiger partial charge >= 0.3 is 0 Å². The second-order valence-electron chi connectivity index (χ2n) is 8.96. The fourth-order valence-corrected chi connectivity index (χ4v) is 4.70. The normalized spacial score (nSPS) is 16.3. The number of piperidine rings is 1. The van der Waals surface area contributed by atoms with E-state index in [4.69, 9.17) is 32.5 Å². The lowest BCUT2D eigenvalue weighted by Gasteiger charge is -2.44. The zero-order chi connectivity index (χ0) is 25.4. The molecule has 0 saturated carbocycles. The van der Waals surface area contributed by atoms with Crippen LogP contribution in [0.15, 0.2) is 60.7 Å². The summed E-state index contributed by atoms with van der Waals surface area (Å²) in [6.45, 7) is 4.39. The smallest absolute Gasteiger partial charge is 0.274 e. The fourth-order valence-electron chi connectivity index (χ4n) is 4.57. The van der Waals surface area contributed by atoms with E-state index in [-0.39, 0.29) is 40.9 Å². The molecule has 4 rings (SSSR count). The highest BCUT2D eigenvalue weighted by Gasteiger charge is 2.36. The Balaban J connectivity index is 0.00000380. The molecule has 5 N–H and O–H groups in total. The number of carbonyl (C=O) groups is 1. The van der Waals surface area contributed by atoms with Crippen molar-refractivity contribution in [3.63, 3.8) is 0 Å². The first-order valence-electron chi connectivity index (χ1n) is 12.0. The van der Waals surface area contributed by atoms with Gasteiger partial charge < -0.3 is 43.1 Å². The average Bonchev–Trinajstić information content (AvgIpc) is 2.88. The molecule has 0 aliphatic carbocycles. The third-order valence-electron chi connectivity index (χ3n) is 6.40. The number of para-hydroxylation sites is 2. The number of aromatic nitrogens is 2. The number of halogens is 2. The van der Waals surface area contributed by atoms with Gasteiger partial charge in [0.05, 0.1) is 19.1 Å². The molecule has 11 heteroatoms. The highest BCUT2D eigenvalue weighted by molar-refractivity contribution is 6.31. The van der Waals surface area contributed by atoms with E-state index in [9.17, 15) is 4.79 Å². The first-order chi connectivity index (χ1) is 17.4. The summed E-state index contributed by atoms with van der Waals surface area (Å²) in [6, 6.07) is 19.5. The Kier molecular flexibility index (Phi) is 10.2. The van der Waals surface area contributed by atoms with Gasteiger partial charge in [-0.3, -0.25) is 4.79 Å². The Labute approximate surface area is 228 Å². The van der Waals surface area contributed by atoms with Gasteiger partial charge in [0.25, 0.3) is 5.91 Å². The van der Waals surface area contributed by atoms with Gasteiger partial charge in [0, 0.05) is 0 Å². The SMILES string of the molecule is Nc1nc(N)c(C(=O)NC2CCC[N+](CCOc3ccccc3)(CCOc3ccccc3)C2)nc1Cl.[Cl-]. The van der Waals surface area contributed by atoms with Crippen molar-refractivity contribution in [2.24, 2.45) is 0 Å². The molecule has 37 heavy (non-hydrogen) atoms. The molecule has 2 aromatic carbocycles. The Bertz CT molecular complexity index is 1110. The van der Waals surface area contributed by atoms with Gasteiger partial charge in [-0.05, 0) is 37.1 Å². The first-order valence-corrected chi connectivity index (χ1v) is 12.4. The molecule has 1 aliphatic heterocycles. The number of hydrogen-bond donors (Lipinski definition) is 3. The van der Waals surface area contributed by atoms with E-state index in [0.717, 1.165) is 55.0 Å². The van der Waals surface area contributed by atoms with Gasteiger partial charge in [-0.2, -0.15) is 0 Å². The number of nitrogens with one attached hydrogen (secondary N) is 1. The summed E-state index contributed by atoms with van der Waals surface area (Å²) in [7, 11) is 0. The molecule has 0 radical (unpaired) electrons. The number of rotatable bonds is 10. The Morgan fingerprint density at radius 2 is 1.51 bits per heavy atom. The van der Waals surface area contributed by atoms with E-state index in [1.165, 1.54) is 0 Å². The number of ether oxygens (including phenoxy) is 2. The lowest BCUT2D eigenvalue weighted by molar-refractivity contribution is -0.933. The second-order valence-corrected chi connectivity index (χ2v) is 9.32. The van der Waals surface area contributed by atoms with E-state index >= 15 is 0 Å². The third kappa shape index (κ3) is 7.85. The van der Waals surface area contributed by atoms with Crippen molar-refractivity contribution in [2.45, 2.75) is 18.9 Å². The predicted molar refractivity (Wildman–Crippen MR) is 140 cm³/mol. The van der Waals surface area contributed by atoms with Crippen LogP contribution in [0, 0.1) is 0 Å². The summed E-state index contributed by atoms with van der Waals surface area (Å²) in [4.78, 5) is 20.9. The van der Waals surface area contributed by atoms with Crippen LogP contribution in [0.3, 0.4) is 0 Å². The zero-order valence-corrected chi connectivity index (χ0v) is 22.0. The van der Waals surface area contributed by atoms with Crippen LogP contribution in [0.5, 0.6) is 11.5 Å². The van der Waals surface area contributed by atoms with E-state index in [0.29, 0.717) is 13.2 Å². The average molecular weight is 547 g/mol. The first kappa shape index (κ1) is 28.3. The van der Waals surface area contributed by atoms with Crippen LogP contribution in [-0.4, -0.2) is 65.8 Å². The summed E-state index contributed by atoms with van der Waals surface area (Å²) in [5.41, 5.74) is 11.5. The van der Waals surface area contributed by atoms with E-state index in [1.54, 1.807) is 0 Å². The molecular weight excluding hydrogens is 515 g/mol. The van der Waals surface area contributed by atoms with Crippen molar-refractivity contribution in [2.75, 3.05) is 50.9 Å². The lowest BCUT2D eigenvalue weighted by atomic mass is 10.0. The number of nitrogen functional groups attached to an aromatic ring is 2. The van der Waals surface area contributed by atoms with Gasteiger partial charge in [-0.1, -0.05) is 48.0 Å². The van der Waals surface area contributed by atoms with Gasteiger partial charge in [0.1, 0.15) is 37.8 Å². The minimum absolute atomic E-state index is 0. The molecule has 0 bridgehead atoms. The lowest BCUT2D eigenvalue weighted by Crippen LogP contribution is -3.00. The monoisotopic (exact) mass is 546 g/mol. The van der Waals surface area contributed by atoms with Crippen molar-refractivity contribution in [1.82, 2.24) is 15.3 Å². The zero-order valence-electron chi connectivity index (χ0n) is 20.5. The number of anilines is 2. The maximum atomic E-state index is 13.0. The molecular formula is C26H32Cl2N6O3. The molecule has 1 saturated heterocycles. The van der Waals surface area contributed by atoms with Crippen LogP contribution in [0.1, 0.15) is 23.3 Å². The van der Waals surface area contributed by atoms with Crippen molar-refractivity contribution in [1.29, 1.82) is 0 Å². The van der Waals surface area contributed by atoms with Gasteiger partial charge in [0.15, 0.2) is 22.5 Å². The molecule has 1 amide bonds. The highest BCUT2D eigenvalue weighted by atomic mass is 35.5. The summed E-state index contributed by atoms with van der Waals surface area (Å²) in [6.07, 6.45) is 1.80. The van der Waals surface area contributed by atoms with Crippen LogP contribution in [-0.2, 0) is 0 Å². The van der Waals surface area contributed by atoms with Crippen molar-refractivity contribution < 1.29 is 31.2 Å². The minimum Gasteiger partial charge on any atom is -1.00 e. The quantitative estimate of drug-likeness (QED) is 0.309. The van der Waals surface area contributed by atoms with E-state index < -0.39 is 5.91 Å². The molecule has 9 nitrogen and oxygen atoms in total. The topological polar surface area (TPSA) is 125 Å². The Morgan fingerprint density at radius 1 is 0.946 bits per heavy atom. The number of carbonyl (C=O) groups excluding carboxylic acids is 1. The van der Waals surface area contributed by atoms with Crippen molar-refractivity contribution in [3.8, 4) is 11.5 Å². The summed E-state index contributed by atoms with van der Waals surface area (Å²) in [5, 5.41) is 3.03. The number of nitrogens with two attached hydrogens (primary N) is 2. The fraction of sp³-hybridized carbons (Fsp3) is 0.346. The van der Waals surface area contributed by atoms with Crippen LogP contribution in [0.25, 0.3) is 0 Å². The molecule has 2 heterocycles. The van der Waals surface area contributed by atoms with Crippen molar-refractivity contribution in [3.05, 3.63) is 71.5 Å². The molecule has 1 aromatic heterocycles. The van der Waals surface area contributed by atoms with Crippen LogP contribution < -0.4 is 38.7 Å². The standard InChI is InChI=1S/C26H31ClN6O3.ClH/c27-23-25(29)32-24(28)22(31-23)26(34)30-19-8-7-13-33(18-19,14-16-35-20-9-3-1-4-10-20)15-17-36-21-11-5-2-6-12-21;/h1-6,9-12,19H,7-8,13-18H2,(H4-,28,29,30,32,34);1H. The molecule has 1 atom stereocenters. The summed E-state index contributed by atoms with van der Waals surface area (Å²) < 4.78 is 12.8. The molecule has 0 spiro atoms. The van der Waals surface area contributed by atoms with Gasteiger partial charge in [-0.25, -0.2) is 9.97 Å².